The molecule has 0 radical (unpaired) electrons. The Morgan fingerprint density at radius 3 is 1.03 bits per heavy atom. The maximum Gasteiger partial charge on any atom is 0.640 e. The van der Waals surface area contributed by atoms with Gasteiger partial charge in [0.05, 0.1) is 33.2 Å². The molecule has 0 aromatic heterocycles. The Morgan fingerprint density at radius 2 is 0.622 bits per heavy atom. The minimum atomic E-state index is -0.523. The standard InChI is InChI=1S/C39H31BO2.C33H19Br.C9H19BO3.ClH/c1-37(2)38(3,4)42-40(41-37)33-23-13-22-32-35(33)29-19-10-12-21-31(29)39(32)30-20-11-9-18-28(30)34-26-16-7-5-14-24(26)25-15-6-8-17-27(25)36(34)39;34-29-19-9-18-28-31(29)25-15-6-8-17-27(25)33(28)26-16-7-5-14-24(26)30-22-12-3-1-10-20(22)21-11-2-4-13-23(21)32(30)33;1-7(2)11-10-12-8(3,4)9(5,6)13-10;/h5-23H,1-4H3;1-19H;7H,1-6H3;1H. The van der Waals surface area contributed by atoms with Gasteiger partial charge in [-0.25, -0.2) is 0 Å². The second-order valence-electron chi connectivity index (χ2n) is 27.1. The smallest absolute Gasteiger partial charge is 0.399 e. The summed E-state index contributed by atoms with van der Waals surface area (Å²) in [4.78, 5) is 0. The Bertz CT molecular complexity index is 4920. The number of fused-ring (bicyclic) bond motifs is 30. The van der Waals surface area contributed by atoms with E-state index in [0.717, 1.165) is 9.94 Å². The average Bonchev–Trinajstić information content (AvgIpc) is 1.50. The van der Waals surface area contributed by atoms with E-state index < -0.39 is 31.1 Å². The molecule has 12 aromatic carbocycles. The zero-order chi connectivity index (χ0) is 61.1. The topological polar surface area (TPSA) is 46.2 Å². The van der Waals surface area contributed by atoms with Gasteiger partial charge in [-0.15, -0.1) is 12.4 Å². The lowest BCUT2D eigenvalue weighted by Crippen LogP contribution is -2.41. The molecule has 2 atom stereocenters. The predicted octanol–water partition coefficient (Wildman–Crippen LogP) is 20.2. The van der Waals surface area contributed by atoms with E-state index in [1.54, 1.807) is 0 Å². The largest absolute Gasteiger partial charge is 0.640 e. The van der Waals surface area contributed by atoms with E-state index in [1.165, 1.54) is 132 Å². The molecule has 2 heterocycles. The van der Waals surface area contributed by atoms with Gasteiger partial charge in [0.2, 0.25) is 0 Å². The molecule has 9 heteroatoms. The van der Waals surface area contributed by atoms with Gasteiger partial charge in [0.1, 0.15) is 0 Å². The van der Waals surface area contributed by atoms with Gasteiger partial charge < -0.3 is 23.3 Å². The molecule has 2 saturated heterocycles. The molecule has 2 spiro atoms. The first kappa shape index (κ1) is 58.7. The first-order valence-corrected chi connectivity index (χ1v) is 32.3. The van der Waals surface area contributed by atoms with Crippen LogP contribution in [0.2, 0.25) is 0 Å². The number of rotatable bonds is 3. The van der Waals surface area contributed by atoms with Crippen molar-refractivity contribution in [3.8, 4) is 44.5 Å². The summed E-state index contributed by atoms with van der Waals surface area (Å²) < 4.78 is 31.2. The van der Waals surface area contributed by atoms with Crippen molar-refractivity contribution in [1.82, 2.24) is 0 Å². The molecular weight excluding hydrogens is 1190 g/mol. The maximum atomic E-state index is 6.69. The van der Waals surface area contributed by atoms with E-state index in [1.807, 2.05) is 41.5 Å². The SMILES string of the molecule is Brc1cccc2c1-c1ccccc1C21c2ccccc2-c2c1c1ccccc1c1ccccc21.CC(C)OB1OC(C)(C)C(C)(C)O1.CC1(C)OB(c2cccc3c2-c2ccccc2C32c3ccccc3-c3c2c2ccccc2c2ccccc32)OC1(C)C.Cl. The number of hydrogen-bond donors (Lipinski definition) is 0. The highest BCUT2D eigenvalue weighted by Crippen LogP contribution is 2.68. The second-order valence-corrected chi connectivity index (χ2v) is 28.0. The fourth-order valence-electron chi connectivity index (χ4n) is 15.9. The summed E-state index contributed by atoms with van der Waals surface area (Å²) >= 11 is 3.92. The molecule has 444 valence electrons. The third-order valence-electron chi connectivity index (χ3n) is 21.1. The van der Waals surface area contributed by atoms with Crippen molar-refractivity contribution < 1.29 is 23.3 Å². The normalized spacial score (nSPS) is 19.8. The quantitative estimate of drug-likeness (QED) is 0.130. The highest BCUT2D eigenvalue weighted by molar-refractivity contribution is 9.10. The molecule has 5 nitrogen and oxygen atoms in total. The van der Waals surface area contributed by atoms with Crippen molar-refractivity contribution in [3.05, 3.63) is 280 Å². The Kier molecular flexibility index (Phi) is 13.7. The molecule has 0 bridgehead atoms. The van der Waals surface area contributed by atoms with E-state index in [-0.39, 0.29) is 35.1 Å². The van der Waals surface area contributed by atoms with Crippen LogP contribution >= 0.6 is 28.3 Å². The lowest BCUT2D eigenvalue weighted by atomic mass is 9.67. The molecule has 18 rings (SSSR count). The van der Waals surface area contributed by atoms with Crippen molar-refractivity contribution in [2.24, 2.45) is 0 Å². The van der Waals surface area contributed by atoms with Crippen LogP contribution < -0.4 is 5.46 Å². The highest BCUT2D eigenvalue weighted by Gasteiger charge is 2.58. The Balaban J connectivity index is 0.000000126. The van der Waals surface area contributed by atoms with E-state index >= 15 is 0 Å². The minimum Gasteiger partial charge on any atom is -0.399 e. The summed E-state index contributed by atoms with van der Waals surface area (Å²) in [6.45, 7) is 20.5. The summed E-state index contributed by atoms with van der Waals surface area (Å²) in [5.41, 5.74) is 20.3. The zero-order valence-electron chi connectivity index (χ0n) is 52.5. The monoisotopic (exact) mass is 1260 g/mol. The van der Waals surface area contributed by atoms with Gasteiger partial charge in [-0.2, -0.15) is 0 Å². The lowest BCUT2D eigenvalue weighted by molar-refractivity contribution is 0.00578. The van der Waals surface area contributed by atoms with Gasteiger partial charge in [0, 0.05) is 16.1 Å². The van der Waals surface area contributed by atoms with Crippen molar-refractivity contribution in [2.45, 2.75) is 109 Å². The van der Waals surface area contributed by atoms with Crippen LogP contribution in [-0.2, 0) is 34.1 Å². The predicted molar refractivity (Wildman–Crippen MR) is 378 cm³/mol. The fraction of sp³-hybridized carbons (Fsp3) is 0.210. The molecule has 6 aliphatic rings. The number of benzene rings is 12. The first-order chi connectivity index (χ1) is 42.9. The molecule has 2 aliphatic heterocycles. The summed E-state index contributed by atoms with van der Waals surface area (Å²) in [5.74, 6) is 0. The van der Waals surface area contributed by atoms with Crippen molar-refractivity contribution in [1.29, 1.82) is 0 Å². The van der Waals surface area contributed by atoms with Crippen LogP contribution in [0.4, 0.5) is 0 Å². The Morgan fingerprint density at radius 1 is 0.322 bits per heavy atom. The number of hydrogen-bond acceptors (Lipinski definition) is 5. The van der Waals surface area contributed by atoms with Crippen LogP contribution in [-0.4, -0.2) is 42.9 Å². The average molecular weight is 1260 g/mol. The van der Waals surface area contributed by atoms with Gasteiger partial charge in [-0.05, 0) is 207 Å². The van der Waals surface area contributed by atoms with Gasteiger partial charge in [-0.1, -0.05) is 240 Å². The van der Waals surface area contributed by atoms with Crippen LogP contribution in [0.5, 0.6) is 0 Å². The van der Waals surface area contributed by atoms with Crippen molar-refractivity contribution >= 4 is 91.3 Å². The van der Waals surface area contributed by atoms with Gasteiger partial charge in [0.25, 0.3) is 0 Å². The van der Waals surface area contributed by atoms with Gasteiger partial charge >= 0.3 is 14.4 Å². The molecule has 90 heavy (non-hydrogen) atoms. The summed E-state index contributed by atoms with van der Waals surface area (Å²) in [6.07, 6.45) is 0.120. The minimum absolute atomic E-state index is 0. The van der Waals surface area contributed by atoms with Crippen LogP contribution in [0.15, 0.2) is 235 Å². The molecule has 12 aromatic rings. The molecule has 4 aliphatic carbocycles. The Labute approximate surface area is 543 Å². The molecule has 0 N–H and O–H groups in total. The van der Waals surface area contributed by atoms with E-state index in [4.69, 9.17) is 23.3 Å². The molecule has 0 amide bonds. The summed E-state index contributed by atoms with van der Waals surface area (Å²) in [7, 11) is -0.970. The third-order valence-corrected chi connectivity index (χ3v) is 21.7. The van der Waals surface area contributed by atoms with Crippen LogP contribution in [0, 0.1) is 0 Å². The van der Waals surface area contributed by atoms with Crippen molar-refractivity contribution in [2.75, 3.05) is 0 Å². The molecule has 0 saturated carbocycles. The van der Waals surface area contributed by atoms with Crippen LogP contribution in [0.3, 0.4) is 0 Å². The number of halogens is 2. The van der Waals surface area contributed by atoms with Crippen molar-refractivity contribution in [3.63, 3.8) is 0 Å². The summed E-state index contributed by atoms with van der Waals surface area (Å²) in [5, 5.41) is 10.5. The fourth-order valence-corrected chi connectivity index (χ4v) is 16.5. The van der Waals surface area contributed by atoms with E-state index in [2.05, 4.69) is 274 Å². The van der Waals surface area contributed by atoms with Gasteiger partial charge in [-0.3, -0.25) is 0 Å². The van der Waals surface area contributed by atoms with E-state index in [0.29, 0.717) is 0 Å². The first-order valence-electron chi connectivity index (χ1n) is 31.5. The molecule has 2 fully saturated rings. The van der Waals surface area contributed by atoms with Crippen LogP contribution in [0.1, 0.15) is 114 Å². The highest BCUT2D eigenvalue weighted by atomic mass is 79.9. The van der Waals surface area contributed by atoms with E-state index in [9.17, 15) is 0 Å². The van der Waals surface area contributed by atoms with Gasteiger partial charge in [0.15, 0.2) is 0 Å². The summed E-state index contributed by atoms with van der Waals surface area (Å²) in [6, 6.07) is 85.4. The lowest BCUT2D eigenvalue weighted by Gasteiger charge is -2.32. The Hall–Kier alpha value is -7.62. The third kappa shape index (κ3) is 8.08. The zero-order valence-corrected chi connectivity index (χ0v) is 54.9. The maximum absolute atomic E-state index is 6.69. The molecule has 2 unspecified atom stereocenters. The second kappa shape index (κ2) is 21.0. The van der Waals surface area contributed by atoms with Crippen LogP contribution in [0.25, 0.3) is 87.6 Å². The molecular formula is C81H70B2BrClO5.